The fourth-order valence-corrected chi connectivity index (χ4v) is 1.90. The molecule has 98 valence electrons. The highest BCUT2D eigenvalue weighted by Gasteiger charge is 2.05. The van der Waals surface area contributed by atoms with Crippen molar-refractivity contribution < 1.29 is 9.53 Å². The van der Waals surface area contributed by atoms with Crippen molar-refractivity contribution in [3.63, 3.8) is 0 Å². The molecule has 2 nitrogen and oxygen atoms in total. The normalized spacial score (nSPS) is 10.2. The largest absolute Gasteiger partial charge is 0.485 e. The van der Waals surface area contributed by atoms with Crippen molar-refractivity contribution in [1.29, 1.82) is 0 Å². The van der Waals surface area contributed by atoms with Crippen LogP contribution in [0.15, 0.2) is 54.6 Å². The molecule has 2 rings (SSSR count). The third-order valence-electron chi connectivity index (χ3n) is 2.93. The van der Waals surface area contributed by atoms with E-state index in [2.05, 4.69) is 6.92 Å². The van der Waals surface area contributed by atoms with Crippen LogP contribution in [0.3, 0.4) is 0 Å². The molecule has 0 N–H and O–H groups in total. The topological polar surface area (TPSA) is 26.3 Å². The molecule has 0 fully saturated rings. The minimum atomic E-state index is -0.00163. The average Bonchev–Trinajstić information content (AvgIpc) is 2.47. The van der Waals surface area contributed by atoms with Crippen LogP contribution in [0.25, 0.3) is 0 Å². The number of hydrogen-bond donors (Lipinski definition) is 0. The molecule has 2 aromatic carbocycles. The molecule has 0 bridgehead atoms. The molecular formula is C17H18O2. The predicted molar refractivity (Wildman–Crippen MR) is 76.7 cm³/mol. The van der Waals surface area contributed by atoms with Gasteiger partial charge in [-0.3, -0.25) is 4.79 Å². The van der Waals surface area contributed by atoms with E-state index in [9.17, 15) is 4.79 Å². The zero-order chi connectivity index (χ0) is 13.5. The molecular weight excluding hydrogens is 236 g/mol. The van der Waals surface area contributed by atoms with Crippen molar-refractivity contribution in [3.8, 4) is 5.75 Å². The number of ketones is 1. The highest BCUT2D eigenvalue weighted by molar-refractivity contribution is 5.97. The standard InChI is InChI=1S/C17H18O2/c1-2-6-14-9-11-16(12-10-14)19-13-17(18)15-7-4-3-5-8-15/h3-5,7-12H,2,6,13H2,1H3. The van der Waals surface area contributed by atoms with Gasteiger partial charge in [-0.25, -0.2) is 0 Å². The molecule has 0 aromatic heterocycles. The Morgan fingerprint density at radius 3 is 2.32 bits per heavy atom. The summed E-state index contributed by atoms with van der Waals surface area (Å²) < 4.78 is 5.51. The molecule has 0 saturated carbocycles. The molecule has 0 unspecified atom stereocenters. The summed E-state index contributed by atoms with van der Waals surface area (Å²) >= 11 is 0. The van der Waals surface area contributed by atoms with Gasteiger partial charge in [0.15, 0.2) is 12.4 Å². The first kappa shape index (κ1) is 13.3. The minimum Gasteiger partial charge on any atom is -0.485 e. The summed E-state index contributed by atoms with van der Waals surface area (Å²) in [6.07, 6.45) is 2.20. The van der Waals surface area contributed by atoms with Crippen LogP contribution in [0.1, 0.15) is 29.3 Å². The Morgan fingerprint density at radius 1 is 1.00 bits per heavy atom. The van der Waals surface area contributed by atoms with Crippen LogP contribution in [0.5, 0.6) is 5.75 Å². The number of benzene rings is 2. The second-order valence-electron chi connectivity index (χ2n) is 4.47. The van der Waals surface area contributed by atoms with E-state index < -0.39 is 0 Å². The summed E-state index contributed by atoms with van der Waals surface area (Å²) in [5.41, 5.74) is 1.98. The lowest BCUT2D eigenvalue weighted by Crippen LogP contribution is -2.11. The third kappa shape index (κ3) is 3.95. The summed E-state index contributed by atoms with van der Waals surface area (Å²) in [5, 5.41) is 0. The number of hydrogen-bond acceptors (Lipinski definition) is 2. The lowest BCUT2D eigenvalue weighted by Gasteiger charge is -2.06. The highest BCUT2D eigenvalue weighted by Crippen LogP contribution is 2.13. The van der Waals surface area contributed by atoms with E-state index in [1.54, 1.807) is 12.1 Å². The smallest absolute Gasteiger partial charge is 0.200 e. The second-order valence-corrected chi connectivity index (χ2v) is 4.47. The minimum absolute atomic E-state index is 0.00163. The van der Waals surface area contributed by atoms with Crippen LogP contribution in [0, 0.1) is 0 Å². The number of Topliss-reactive ketones (excluding diaryl/α,β-unsaturated/α-hetero) is 1. The van der Waals surface area contributed by atoms with E-state index in [-0.39, 0.29) is 12.4 Å². The van der Waals surface area contributed by atoms with Gasteiger partial charge in [-0.1, -0.05) is 55.8 Å². The van der Waals surface area contributed by atoms with Gasteiger partial charge in [0.2, 0.25) is 0 Å². The summed E-state index contributed by atoms with van der Waals surface area (Å²) in [5.74, 6) is 0.738. The van der Waals surface area contributed by atoms with E-state index in [0.29, 0.717) is 5.56 Å². The Hall–Kier alpha value is -2.09. The first-order valence-electron chi connectivity index (χ1n) is 6.59. The zero-order valence-electron chi connectivity index (χ0n) is 11.1. The maximum atomic E-state index is 11.9. The van der Waals surface area contributed by atoms with E-state index >= 15 is 0 Å². The first-order chi connectivity index (χ1) is 9.29. The Balaban J connectivity index is 1.90. The fourth-order valence-electron chi connectivity index (χ4n) is 1.90. The van der Waals surface area contributed by atoms with Crippen molar-refractivity contribution in [3.05, 3.63) is 65.7 Å². The van der Waals surface area contributed by atoms with Crippen LogP contribution in [0.2, 0.25) is 0 Å². The zero-order valence-corrected chi connectivity index (χ0v) is 11.1. The number of carbonyl (C=O) groups excluding carboxylic acids is 1. The quantitative estimate of drug-likeness (QED) is 0.731. The lowest BCUT2D eigenvalue weighted by molar-refractivity contribution is 0.0921. The van der Waals surface area contributed by atoms with Gasteiger partial charge >= 0.3 is 0 Å². The van der Waals surface area contributed by atoms with Crippen molar-refractivity contribution in [2.75, 3.05) is 6.61 Å². The van der Waals surface area contributed by atoms with Crippen molar-refractivity contribution >= 4 is 5.78 Å². The third-order valence-corrected chi connectivity index (χ3v) is 2.93. The Kier molecular flexibility index (Phi) is 4.73. The molecule has 0 radical (unpaired) electrons. The highest BCUT2D eigenvalue weighted by atomic mass is 16.5. The van der Waals surface area contributed by atoms with Gasteiger partial charge in [-0.15, -0.1) is 0 Å². The average molecular weight is 254 g/mol. The molecule has 19 heavy (non-hydrogen) atoms. The molecule has 0 aliphatic heterocycles. The molecule has 0 atom stereocenters. The molecule has 0 aliphatic carbocycles. The molecule has 0 heterocycles. The maximum absolute atomic E-state index is 11.9. The van der Waals surface area contributed by atoms with Crippen LogP contribution in [0.4, 0.5) is 0 Å². The van der Waals surface area contributed by atoms with Crippen molar-refractivity contribution in [2.45, 2.75) is 19.8 Å². The van der Waals surface area contributed by atoms with Crippen LogP contribution in [-0.2, 0) is 6.42 Å². The first-order valence-corrected chi connectivity index (χ1v) is 6.59. The fraction of sp³-hybridized carbons (Fsp3) is 0.235. The molecule has 0 spiro atoms. The number of rotatable bonds is 6. The Bertz CT molecular complexity index is 515. The second kappa shape index (κ2) is 6.74. The van der Waals surface area contributed by atoms with Gasteiger partial charge in [0.25, 0.3) is 0 Å². The van der Waals surface area contributed by atoms with Crippen LogP contribution >= 0.6 is 0 Å². The monoisotopic (exact) mass is 254 g/mol. The van der Waals surface area contributed by atoms with Crippen LogP contribution in [-0.4, -0.2) is 12.4 Å². The van der Waals surface area contributed by atoms with Crippen molar-refractivity contribution in [2.24, 2.45) is 0 Å². The summed E-state index contributed by atoms with van der Waals surface area (Å²) in [6.45, 7) is 2.24. The summed E-state index contributed by atoms with van der Waals surface area (Å²) in [7, 11) is 0. The number of aryl methyl sites for hydroxylation is 1. The molecule has 2 aromatic rings. The number of carbonyl (C=O) groups is 1. The van der Waals surface area contributed by atoms with Gasteiger partial charge in [0, 0.05) is 5.56 Å². The molecule has 0 aliphatic rings. The van der Waals surface area contributed by atoms with Gasteiger partial charge in [-0.05, 0) is 24.1 Å². The van der Waals surface area contributed by atoms with E-state index in [1.807, 2.05) is 42.5 Å². The van der Waals surface area contributed by atoms with Crippen molar-refractivity contribution in [1.82, 2.24) is 0 Å². The Morgan fingerprint density at radius 2 is 1.68 bits per heavy atom. The van der Waals surface area contributed by atoms with Gasteiger partial charge in [-0.2, -0.15) is 0 Å². The Labute approximate surface area is 114 Å². The number of ether oxygens (including phenoxy) is 1. The van der Waals surface area contributed by atoms with E-state index in [1.165, 1.54) is 5.56 Å². The van der Waals surface area contributed by atoms with Crippen LogP contribution < -0.4 is 4.74 Å². The van der Waals surface area contributed by atoms with Gasteiger partial charge in [0.05, 0.1) is 0 Å². The lowest BCUT2D eigenvalue weighted by atomic mass is 10.1. The van der Waals surface area contributed by atoms with E-state index in [4.69, 9.17) is 4.74 Å². The SMILES string of the molecule is CCCc1ccc(OCC(=O)c2ccccc2)cc1. The van der Waals surface area contributed by atoms with Gasteiger partial charge < -0.3 is 4.74 Å². The summed E-state index contributed by atoms with van der Waals surface area (Å²) in [4.78, 5) is 11.9. The maximum Gasteiger partial charge on any atom is 0.200 e. The molecule has 2 heteroatoms. The van der Waals surface area contributed by atoms with E-state index in [0.717, 1.165) is 18.6 Å². The molecule has 0 saturated heterocycles. The van der Waals surface area contributed by atoms with Gasteiger partial charge in [0.1, 0.15) is 5.75 Å². The predicted octanol–water partition coefficient (Wildman–Crippen LogP) is 3.90. The molecule has 0 amide bonds. The summed E-state index contributed by atoms with van der Waals surface area (Å²) in [6, 6.07) is 17.1.